The van der Waals surface area contributed by atoms with Crippen LogP contribution in [0.15, 0.2) is 40.6 Å². The minimum Gasteiger partial charge on any atom is -0.497 e. The number of anilines is 1. The summed E-state index contributed by atoms with van der Waals surface area (Å²) in [6.07, 6.45) is 0. The van der Waals surface area contributed by atoms with E-state index in [1.54, 1.807) is 36.4 Å². The summed E-state index contributed by atoms with van der Waals surface area (Å²) >= 11 is 1.24. The maximum absolute atomic E-state index is 12.1. The minimum absolute atomic E-state index is 0.308. The van der Waals surface area contributed by atoms with Crippen LogP contribution in [-0.4, -0.2) is 15.5 Å². The third-order valence-electron chi connectivity index (χ3n) is 2.30. The van der Waals surface area contributed by atoms with E-state index >= 15 is 0 Å². The van der Waals surface area contributed by atoms with Crippen LogP contribution in [0.5, 0.6) is 5.75 Å². The van der Waals surface area contributed by atoms with Crippen molar-refractivity contribution in [2.75, 3.05) is 11.8 Å². The number of rotatable bonds is 4. The molecule has 0 aliphatic carbocycles. The highest BCUT2D eigenvalue weighted by Gasteiger charge is 2.16. The Morgan fingerprint density at radius 3 is 2.61 bits per heavy atom. The van der Waals surface area contributed by atoms with E-state index in [1.807, 2.05) is 6.92 Å². The maximum Gasteiger partial charge on any atom is 0.271 e. The molecule has 6 heteroatoms. The Bertz CT molecular complexity index is 647. The van der Waals surface area contributed by atoms with Gasteiger partial charge in [0.1, 0.15) is 9.96 Å². The minimum atomic E-state index is -3.50. The summed E-state index contributed by atoms with van der Waals surface area (Å²) < 4.78 is 32.0. The zero-order chi connectivity index (χ0) is 13.2. The molecule has 96 valence electrons. The Kier molecular flexibility index (Phi) is 3.58. The van der Waals surface area contributed by atoms with E-state index in [0.717, 1.165) is 4.88 Å². The fourth-order valence-corrected chi connectivity index (χ4v) is 3.78. The number of benzene rings is 1. The van der Waals surface area contributed by atoms with Crippen LogP contribution in [0.25, 0.3) is 0 Å². The van der Waals surface area contributed by atoms with E-state index in [2.05, 4.69) is 4.72 Å². The average Bonchev–Trinajstić information content (AvgIpc) is 2.76. The van der Waals surface area contributed by atoms with Gasteiger partial charge in [-0.1, -0.05) is 6.07 Å². The molecule has 0 atom stereocenters. The van der Waals surface area contributed by atoms with Crippen molar-refractivity contribution in [1.29, 1.82) is 0 Å². The molecule has 0 spiro atoms. The molecule has 0 aliphatic heterocycles. The van der Waals surface area contributed by atoms with Gasteiger partial charge >= 0.3 is 0 Å². The van der Waals surface area contributed by atoms with Crippen molar-refractivity contribution in [2.45, 2.75) is 11.1 Å². The summed E-state index contributed by atoms with van der Waals surface area (Å²) in [6.45, 7) is 1.87. The molecule has 0 amide bonds. The molecule has 2 rings (SSSR count). The first-order valence-electron chi connectivity index (χ1n) is 5.24. The zero-order valence-corrected chi connectivity index (χ0v) is 11.6. The van der Waals surface area contributed by atoms with Crippen LogP contribution < -0.4 is 9.46 Å². The topological polar surface area (TPSA) is 55.4 Å². The van der Waals surface area contributed by atoms with Gasteiger partial charge in [-0.05, 0) is 31.2 Å². The van der Waals surface area contributed by atoms with Crippen molar-refractivity contribution in [2.24, 2.45) is 0 Å². The van der Waals surface area contributed by atoms with E-state index < -0.39 is 10.0 Å². The summed E-state index contributed by atoms with van der Waals surface area (Å²) in [5, 5.41) is 0. The van der Waals surface area contributed by atoms with E-state index in [-0.39, 0.29) is 0 Å². The van der Waals surface area contributed by atoms with Crippen molar-refractivity contribution in [3.63, 3.8) is 0 Å². The zero-order valence-electron chi connectivity index (χ0n) is 10.0. The number of methoxy groups -OCH3 is 1. The van der Waals surface area contributed by atoms with Crippen LogP contribution in [0.3, 0.4) is 0 Å². The molecule has 18 heavy (non-hydrogen) atoms. The van der Waals surface area contributed by atoms with Gasteiger partial charge in [-0.3, -0.25) is 4.72 Å². The molecule has 1 aromatic carbocycles. The molecule has 0 bridgehead atoms. The lowest BCUT2D eigenvalue weighted by molar-refractivity contribution is 0.415. The highest BCUT2D eigenvalue weighted by Crippen LogP contribution is 2.24. The van der Waals surface area contributed by atoms with Crippen LogP contribution in [0.2, 0.25) is 0 Å². The molecule has 2 aromatic rings. The first kappa shape index (κ1) is 12.9. The molecule has 4 nitrogen and oxygen atoms in total. The molecule has 1 N–H and O–H groups in total. The molecule has 0 fully saturated rings. The molecule has 0 radical (unpaired) electrons. The molecule has 0 saturated heterocycles. The molecule has 0 saturated carbocycles. The highest BCUT2D eigenvalue weighted by atomic mass is 32.2. The molecular formula is C12H13NO3S2. The predicted octanol–water partition coefficient (Wildman–Crippen LogP) is 2.87. The van der Waals surface area contributed by atoms with Gasteiger partial charge in [0.2, 0.25) is 0 Å². The van der Waals surface area contributed by atoms with E-state index in [1.165, 1.54) is 18.4 Å². The van der Waals surface area contributed by atoms with Gasteiger partial charge in [0, 0.05) is 10.9 Å². The van der Waals surface area contributed by atoms with Gasteiger partial charge in [0.05, 0.1) is 12.8 Å². The van der Waals surface area contributed by atoms with Crippen LogP contribution in [0, 0.1) is 6.92 Å². The Morgan fingerprint density at radius 2 is 2.00 bits per heavy atom. The summed E-state index contributed by atoms with van der Waals surface area (Å²) in [7, 11) is -1.97. The summed E-state index contributed by atoms with van der Waals surface area (Å²) in [5.41, 5.74) is 0.486. The molecular weight excluding hydrogens is 270 g/mol. The first-order chi connectivity index (χ1) is 8.51. The SMILES string of the molecule is COc1cccc(NS(=O)(=O)c2ccc(C)s2)c1. The number of thiophene rings is 1. The molecule has 0 unspecified atom stereocenters. The van der Waals surface area contributed by atoms with E-state index in [9.17, 15) is 8.42 Å². The lowest BCUT2D eigenvalue weighted by Gasteiger charge is -2.07. The van der Waals surface area contributed by atoms with Crippen molar-refractivity contribution in [3.8, 4) is 5.75 Å². The first-order valence-corrected chi connectivity index (χ1v) is 7.54. The Labute approximate surface area is 110 Å². The van der Waals surface area contributed by atoms with Crippen molar-refractivity contribution < 1.29 is 13.2 Å². The van der Waals surface area contributed by atoms with Crippen molar-refractivity contribution in [1.82, 2.24) is 0 Å². The Balaban J connectivity index is 2.27. The second kappa shape index (κ2) is 4.99. The van der Waals surface area contributed by atoms with Gasteiger partial charge in [0.25, 0.3) is 10.0 Å². The third kappa shape index (κ3) is 2.83. The number of sulfonamides is 1. The largest absolute Gasteiger partial charge is 0.497 e. The van der Waals surface area contributed by atoms with Gasteiger partial charge in [-0.2, -0.15) is 0 Å². The van der Waals surface area contributed by atoms with E-state index in [4.69, 9.17) is 4.74 Å². The summed E-state index contributed by atoms with van der Waals surface area (Å²) in [6, 6.07) is 10.2. The fraction of sp³-hybridized carbons (Fsp3) is 0.167. The lowest BCUT2D eigenvalue weighted by atomic mass is 10.3. The molecule has 1 heterocycles. The van der Waals surface area contributed by atoms with Crippen LogP contribution in [0.4, 0.5) is 5.69 Å². The van der Waals surface area contributed by atoms with Crippen LogP contribution >= 0.6 is 11.3 Å². The average molecular weight is 283 g/mol. The summed E-state index contributed by atoms with van der Waals surface area (Å²) in [5.74, 6) is 0.609. The quantitative estimate of drug-likeness (QED) is 0.938. The number of nitrogens with one attached hydrogen (secondary N) is 1. The summed E-state index contributed by atoms with van der Waals surface area (Å²) in [4.78, 5) is 0.959. The maximum atomic E-state index is 12.1. The monoisotopic (exact) mass is 283 g/mol. The Morgan fingerprint density at radius 1 is 1.22 bits per heavy atom. The smallest absolute Gasteiger partial charge is 0.271 e. The fourth-order valence-electron chi connectivity index (χ4n) is 1.45. The number of hydrogen-bond donors (Lipinski definition) is 1. The second-order valence-corrected chi connectivity index (χ2v) is 6.90. The van der Waals surface area contributed by atoms with Gasteiger partial charge in [-0.15, -0.1) is 11.3 Å². The molecule has 1 aromatic heterocycles. The standard InChI is InChI=1S/C12H13NO3S2/c1-9-6-7-12(17-9)18(14,15)13-10-4-3-5-11(8-10)16-2/h3-8,13H,1-2H3. The Hall–Kier alpha value is -1.53. The van der Waals surface area contributed by atoms with Crippen LogP contribution in [0.1, 0.15) is 4.88 Å². The van der Waals surface area contributed by atoms with Crippen LogP contribution in [-0.2, 0) is 10.0 Å². The lowest BCUT2D eigenvalue weighted by Crippen LogP contribution is -2.11. The van der Waals surface area contributed by atoms with Gasteiger partial charge < -0.3 is 4.74 Å². The third-order valence-corrected chi connectivity index (χ3v) is 5.18. The van der Waals surface area contributed by atoms with Crippen molar-refractivity contribution in [3.05, 3.63) is 41.3 Å². The second-order valence-electron chi connectivity index (χ2n) is 3.70. The number of ether oxygens (including phenoxy) is 1. The normalized spacial score (nSPS) is 11.2. The van der Waals surface area contributed by atoms with Crippen molar-refractivity contribution >= 4 is 27.0 Å². The highest BCUT2D eigenvalue weighted by molar-refractivity contribution is 7.94. The number of hydrogen-bond acceptors (Lipinski definition) is 4. The van der Waals surface area contributed by atoms with E-state index in [0.29, 0.717) is 15.6 Å². The van der Waals surface area contributed by atoms with Gasteiger partial charge in [-0.25, -0.2) is 8.42 Å². The number of aryl methyl sites for hydroxylation is 1. The predicted molar refractivity (Wildman–Crippen MR) is 72.9 cm³/mol. The van der Waals surface area contributed by atoms with Gasteiger partial charge in [0.15, 0.2) is 0 Å². The molecule has 0 aliphatic rings.